The molecule has 1 amide bonds. The Morgan fingerprint density at radius 2 is 2.04 bits per heavy atom. The maximum absolute atomic E-state index is 13.1. The molecule has 2 N–H and O–H groups in total. The predicted octanol–water partition coefficient (Wildman–Crippen LogP) is 3.99. The third kappa shape index (κ3) is 4.94. The lowest BCUT2D eigenvalue weighted by atomic mass is 10.1. The zero-order valence-corrected chi connectivity index (χ0v) is 14.4. The van der Waals surface area contributed by atoms with Crippen molar-refractivity contribution in [3.63, 3.8) is 0 Å². The molecule has 0 saturated carbocycles. The van der Waals surface area contributed by atoms with Crippen LogP contribution >= 0.6 is 11.6 Å². The zero-order chi connectivity index (χ0) is 17.5. The Morgan fingerprint density at radius 1 is 1.29 bits per heavy atom. The van der Waals surface area contributed by atoms with E-state index in [0.29, 0.717) is 6.54 Å². The number of ether oxygens (including phenoxy) is 1. The molecule has 0 spiro atoms. The second-order valence-corrected chi connectivity index (χ2v) is 5.67. The number of hydrogen-bond donors (Lipinski definition) is 2. The Labute approximate surface area is 146 Å². The molecule has 0 aliphatic carbocycles. The van der Waals surface area contributed by atoms with E-state index in [9.17, 15) is 9.18 Å². The van der Waals surface area contributed by atoms with Crippen molar-refractivity contribution < 1.29 is 13.9 Å². The Bertz CT molecular complexity index is 709. The fourth-order valence-electron chi connectivity index (χ4n) is 2.11. The first-order valence-corrected chi connectivity index (χ1v) is 8.10. The predicted molar refractivity (Wildman–Crippen MR) is 94.0 cm³/mol. The van der Waals surface area contributed by atoms with Crippen LogP contribution in [0.25, 0.3) is 0 Å². The summed E-state index contributed by atoms with van der Waals surface area (Å²) in [5.74, 6) is -0.497. The van der Waals surface area contributed by atoms with Crippen LogP contribution in [-0.2, 0) is 11.3 Å². The van der Waals surface area contributed by atoms with Gasteiger partial charge in [0.15, 0.2) is 6.10 Å². The smallest absolute Gasteiger partial charge is 0.265 e. The molecule has 6 heteroatoms. The number of rotatable bonds is 7. The summed E-state index contributed by atoms with van der Waals surface area (Å²) in [6, 6.07) is 11.3. The number of benzene rings is 2. The van der Waals surface area contributed by atoms with Crippen molar-refractivity contribution >= 4 is 23.2 Å². The average Bonchev–Trinajstić information content (AvgIpc) is 2.56. The van der Waals surface area contributed by atoms with Crippen molar-refractivity contribution in [2.75, 3.05) is 11.9 Å². The molecule has 0 aliphatic heterocycles. The summed E-state index contributed by atoms with van der Waals surface area (Å²) in [6.07, 6.45) is -0.778. The number of hydrogen-bond acceptors (Lipinski definition) is 3. The molecular formula is C18H20ClFN2O2. The number of carbonyl (C=O) groups is 1. The lowest BCUT2D eigenvalue weighted by molar-refractivity contribution is -0.122. The fraction of sp³-hybridized carbons (Fsp3) is 0.278. The second kappa shape index (κ2) is 8.66. The molecule has 0 aromatic heterocycles. The highest BCUT2D eigenvalue weighted by Gasteiger charge is 2.17. The number of para-hydroxylation sites is 1. The van der Waals surface area contributed by atoms with Crippen molar-refractivity contribution in [3.05, 3.63) is 58.9 Å². The summed E-state index contributed by atoms with van der Waals surface area (Å²) in [6.45, 7) is 5.13. The van der Waals surface area contributed by atoms with Crippen LogP contribution in [0, 0.1) is 5.82 Å². The number of nitrogens with one attached hydrogen (secondary N) is 2. The minimum atomic E-state index is -0.778. The van der Waals surface area contributed by atoms with Crippen LogP contribution in [0.15, 0.2) is 42.5 Å². The van der Waals surface area contributed by atoms with E-state index in [4.69, 9.17) is 16.3 Å². The molecule has 24 heavy (non-hydrogen) atoms. The molecule has 128 valence electrons. The molecule has 0 fully saturated rings. The van der Waals surface area contributed by atoms with Crippen molar-refractivity contribution in [1.29, 1.82) is 0 Å². The first-order chi connectivity index (χ1) is 11.5. The van der Waals surface area contributed by atoms with Crippen molar-refractivity contribution in [2.45, 2.75) is 26.5 Å². The third-order valence-corrected chi connectivity index (χ3v) is 3.70. The molecule has 1 unspecified atom stereocenters. The molecule has 0 saturated heterocycles. The van der Waals surface area contributed by atoms with E-state index >= 15 is 0 Å². The highest BCUT2D eigenvalue weighted by molar-refractivity contribution is 6.32. The number of halogens is 2. The van der Waals surface area contributed by atoms with Crippen LogP contribution in [0.2, 0.25) is 5.02 Å². The molecule has 0 aliphatic rings. The van der Waals surface area contributed by atoms with E-state index in [0.717, 1.165) is 23.9 Å². The first kappa shape index (κ1) is 18.2. The first-order valence-electron chi connectivity index (χ1n) is 7.72. The Kier molecular flexibility index (Phi) is 6.58. The van der Waals surface area contributed by atoms with Crippen LogP contribution in [0.5, 0.6) is 5.75 Å². The lowest BCUT2D eigenvalue weighted by Gasteiger charge is -2.17. The minimum Gasteiger partial charge on any atom is -0.479 e. The van der Waals surface area contributed by atoms with Gasteiger partial charge in [0.25, 0.3) is 5.91 Å². The summed E-state index contributed by atoms with van der Waals surface area (Å²) in [5, 5.41) is 6.20. The summed E-state index contributed by atoms with van der Waals surface area (Å²) >= 11 is 5.92. The quantitative estimate of drug-likeness (QED) is 0.793. The topological polar surface area (TPSA) is 50.4 Å². The van der Waals surface area contributed by atoms with Gasteiger partial charge in [-0.15, -0.1) is 0 Å². The van der Waals surface area contributed by atoms with E-state index < -0.39 is 11.9 Å². The summed E-state index contributed by atoms with van der Waals surface area (Å²) in [4.78, 5) is 12.3. The molecule has 4 nitrogen and oxygen atoms in total. The molecule has 2 aromatic rings. The largest absolute Gasteiger partial charge is 0.479 e. The molecular weight excluding hydrogens is 331 g/mol. The van der Waals surface area contributed by atoms with E-state index in [-0.39, 0.29) is 16.7 Å². The van der Waals surface area contributed by atoms with Crippen molar-refractivity contribution in [2.24, 2.45) is 0 Å². The average molecular weight is 351 g/mol. The van der Waals surface area contributed by atoms with Crippen LogP contribution in [-0.4, -0.2) is 18.6 Å². The molecule has 2 aromatic carbocycles. The number of amides is 1. The van der Waals surface area contributed by atoms with Crippen LogP contribution in [0.4, 0.5) is 10.1 Å². The van der Waals surface area contributed by atoms with Gasteiger partial charge in [-0.2, -0.15) is 0 Å². The minimum absolute atomic E-state index is 0.127. The Morgan fingerprint density at radius 3 is 2.75 bits per heavy atom. The SMILES string of the molecule is CCNCc1ccccc1NC(=O)C(C)Oc1ccc(F)cc1Cl. The van der Waals surface area contributed by atoms with Gasteiger partial charge >= 0.3 is 0 Å². The van der Waals surface area contributed by atoms with Gasteiger partial charge in [-0.3, -0.25) is 4.79 Å². The third-order valence-electron chi connectivity index (χ3n) is 3.41. The van der Waals surface area contributed by atoms with Crippen LogP contribution < -0.4 is 15.4 Å². The Hall–Kier alpha value is -2.11. The van der Waals surface area contributed by atoms with E-state index in [1.165, 1.54) is 12.1 Å². The molecule has 0 radical (unpaired) electrons. The normalized spacial score (nSPS) is 11.8. The maximum Gasteiger partial charge on any atom is 0.265 e. The summed E-state index contributed by atoms with van der Waals surface area (Å²) < 4.78 is 18.6. The lowest BCUT2D eigenvalue weighted by Crippen LogP contribution is -2.30. The molecule has 2 rings (SSSR count). The Balaban J connectivity index is 2.04. The van der Waals surface area contributed by atoms with Crippen LogP contribution in [0.1, 0.15) is 19.4 Å². The molecule has 1 atom stereocenters. The zero-order valence-electron chi connectivity index (χ0n) is 13.6. The summed E-state index contributed by atoms with van der Waals surface area (Å²) in [5.41, 5.74) is 1.71. The number of carbonyl (C=O) groups excluding carboxylic acids is 1. The molecule has 0 heterocycles. The number of anilines is 1. The fourth-order valence-corrected chi connectivity index (χ4v) is 2.32. The van der Waals surface area contributed by atoms with Gasteiger partial charge in [0.1, 0.15) is 11.6 Å². The van der Waals surface area contributed by atoms with Gasteiger partial charge in [-0.1, -0.05) is 36.7 Å². The highest BCUT2D eigenvalue weighted by atomic mass is 35.5. The van der Waals surface area contributed by atoms with Gasteiger partial charge in [0, 0.05) is 12.2 Å². The van der Waals surface area contributed by atoms with Gasteiger partial charge in [0.2, 0.25) is 0 Å². The highest BCUT2D eigenvalue weighted by Crippen LogP contribution is 2.26. The van der Waals surface area contributed by atoms with Gasteiger partial charge in [0.05, 0.1) is 5.02 Å². The van der Waals surface area contributed by atoms with Gasteiger partial charge < -0.3 is 15.4 Å². The maximum atomic E-state index is 13.1. The standard InChI is InChI=1S/C18H20ClFN2O2/c1-3-21-11-13-6-4-5-7-16(13)22-18(23)12(2)24-17-9-8-14(20)10-15(17)19/h4-10,12,21H,3,11H2,1-2H3,(H,22,23). The van der Waals surface area contributed by atoms with E-state index in [1.807, 2.05) is 31.2 Å². The monoisotopic (exact) mass is 350 g/mol. The van der Waals surface area contributed by atoms with E-state index in [2.05, 4.69) is 10.6 Å². The second-order valence-electron chi connectivity index (χ2n) is 5.26. The van der Waals surface area contributed by atoms with Crippen molar-refractivity contribution in [1.82, 2.24) is 5.32 Å². The van der Waals surface area contributed by atoms with Gasteiger partial charge in [-0.25, -0.2) is 4.39 Å². The summed E-state index contributed by atoms with van der Waals surface area (Å²) in [7, 11) is 0. The van der Waals surface area contributed by atoms with Gasteiger partial charge in [-0.05, 0) is 43.3 Å². The van der Waals surface area contributed by atoms with E-state index in [1.54, 1.807) is 6.92 Å². The molecule has 0 bridgehead atoms. The van der Waals surface area contributed by atoms with Crippen molar-refractivity contribution in [3.8, 4) is 5.75 Å². The van der Waals surface area contributed by atoms with Crippen LogP contribution in [0.3, 0.4) is 0 Å².